The van der Waals surface area contributed by atoms with Crippen molar-refractivity contribution in [2.45, 2.75) is 0 Å². The largest absolute Gasteiger partial charge is 0.378 e. The van der Waals surface area contributed by atoms with Gasteiger partial charge in [0.25, 0.3) is 11.5 Å². The quantitative estimate of drug-likeness (QED) is 0.779. The van der Waals surface area contributed by atoms with Gasteiger partial charge in [0.1, 0.15) is 11.2 Å². The van der Waals surface area contributed by atoms with Gasteiger partial charge in [0.05, 0.1) is 24.6 Å². The number of hydrogen-bond donors (Lipinski definition) is 1. The number of morpholine rings is 1. The molecule has 1 N–H and O–H groups in total. The zero-order valence-electron chi connectivity index (χ0n) is 14.1. The highest BCUT2D eigenvalue weighted by Crippen LogP contribution is 2.26. The lowest BCUT2D eigenvalue weighted by atomic mass is 10.2. The van der Waals surface area contributed by atoms with Gasteiger partial charge in [-0.25, -0.2) is 4.98 Å². The summed E-state index contributed by atoms with van der Waals surface area (Å²) in [6, 6.07) is 12.8. The highest BCUT2D eigenvalue weighted by Gasteiger charge is 2.18. The molecular formula is C19H18N4O3. The van der Waals surface area contributed by atoms with Crippen LogP contribution in [0.2, 0.25) is 0 Å². The molecule has 0 aliphatic carbocycles. The Labute approximate surface area is 149 Å². The minimum absolute atomic E-state index is 0.00507. The summed E-state index contributed by atoms with van der Waals surface area (Å²) in [6.07, 6.45) is 2.92. The van der Waals surface area contributed by atoms with Crippen molar-refractivity contribution >= 4 is 22.9 Å². The van der Waals surface area contributed by atoms with Crippen LogP contribution in [0.5, 0.6) is 0 Å². The summed E-state index contributed by atoms with van der Waals surface area (Å²) >= 11 is 0. The molecule has 1 aliphatic rings. The lowest BCUT2D eigenvalue weighted by Crippen LogP contribution is -2.37. The smallest absolute Gasteiger partial charge is 0.270 e. The summed E-state index contributed by atoms with van der Waals surface area (Å²) < 4.78 is 6.75. The van der Waals surface area contributed by atoms with E-state index >= 15 is 0 Å². The first-order chi connectivity index (χ1) is 12.7. The summed E-state index contributed by atoms with van der Waals surface area (Å²) in [5.41, 5.74) is 1.69. The van der Waals surface area contributed by atoms with Crippen molar-refractivity contribution in [1.82, 2.24) is 9.38 Å². The van der Waals surface area contributed by atoms with Crippen molar-refractivity contribution in [1.29, 1.82) is 0 Å². The third kappa shape index (κ3) is 3.04. The van der Waals surface area contributed by atoms with Gasteiger partial charge in [0.2, 0.25) is 0 Å². The number of fused-ring (bicyclic) bond motifs is 1. The summed E-state index contributed by atoms with van der Waals surface area (Å²) in [4.78, 5) is 31.6. The number of aromatic nitrogens is 2. The van der Waals surface area contributed by atoms with Crippen molar-refractivity contribution in [3.05, 3.63) is 70.8 Å². The molecule has 0 spiro atoms. The normalized spacial score (nSPS) is 14.4. The van der Waals surface area contributed by atoms with Gasteiger partial charge in [-0.05, 0) is 24.3 Å². The molecule has 1 amide bonds. The third-order valence-electron chi connectivity index (χ3n) is 4.36. The summed E-state index contributed by atoms with van der Waals surface area (Å²) in [5, 5.41) is 2.85. The van der Waals surface area contributed by atoms with Crippen molar-refractivity contribution in [3.63, 3.8) is 0 Å². The van der Waals surface area contributed by atoms with E-state index in [2.05, 4.69) is 15.2 Å². The fourth-order valence-corrected chi connectivity index (χ4v) is 3.03. The van der Waals surface area contributed by atoms with Crippen molar-refractivity contribution in [3.8, 4) is 0 Å². The fourth-order valence-electron chi connectivity index (χ4n) is 3.03. The van der Waals surface area contributed by atoms with Crippen LogP contribution >= 0.6 is 0 Å². The SMILES string of the molecule is O=C(Nc1ccccc1N1CCOCC1)c1cnc2ccccn2c1=O. The first-order valence-corrected chi connectivity index (χ1v) is 8.43. The highest BCUT2D eigenvalue weighted by atomic mass is 16.5. The van der Waals surface area contributed by atoms with E-state index < -0.39 is 11.5 Å². The Morgan fingerprint density at radius 2 is 1.85 bits per heavy atom. The predicted molar refractivity (Wildman–Crippen MR) is 98.9 cm³/mol. The molecule has 2 aromatic heterocycles. The van der Waals surface area contributed by atoms with E-state index in [4.69, 9.17) is 4.74 Å². The Morgan fingerprint density at radius 1 is 1.08 bits per heavy atom. The molecule has 1 saturated heterocycles. The number of anilines is 2. The topological polar surface area (TPSA) is 75.9 Å². The molecule has 7 nitrogen and oxygen atoms in total. The van der Waals surface area contributed by atoms with Crippen LogP contribution in [0, 0.1) is 0 Å². The maximum atomic E-state index is 12.7. The summed E-state index contributed by atoms with van der Waals surface area (Å²) in [6.45, 7) is 2.82. The zero-order valence-corrected chi connectivity index (χ0v) is 14.1. The van der Waals surface area contributed by atoms with Crippen LogP contribution in [0.25, 0.3) is 5.65 Å². The van der Waals surface area contributed by atoms with Gasteiger partial charge in [-0.15, -0.1) is 0 Å². The lowest BCUT2D eigenvalue weighted by molar-refractivity contribution is 0.102. The lowest BCUT2D eigenvalue weighted by Gasteiger charge is -2.30. The predicted octanol–water partition coefficient (Wildman–Crippen LogP) is 1.78. The summed E-state index contributed by atoms with van der Waals surface area (Å²) in [5.74, 6) is -0.471. The van der Waals surface area contributed by atoms with Gasteiger partial charge in [0, 0.05) is 25.5 Å². The Bertz CT molecular complexity index is 1010. The maximum Gasteiger partial charge on any atom is 0.270 e. The Morgan fingerprint density at radius 3 is 2.69 bits per heavy atom. The highest BCUT2D eigenvalue weighted by molar-refractivity contribution is 6.05. The van der Waals surface area contributed by atoms with Crippen LogP contribution in [0.1, 0.15) is 10.4 Å². The monoisotopic (exact) mass is 350 g/mol. The van der Waals surface area contributed by atoms with Crippen LogP contribution < -0.4 is 15.8 Å². The number of hydrogen-bond acceptors (Lipinski definition) is 5. The Hall–Kier alpha value is -3.19. The van der Waals surface area contributed by atoms with Crippen molar-refractivity contribution in [2.75, 3.05) is 36.5 Å². The van der Waals surface area contributed by atoms with Gasteiger partial charge in [0.15, 0.2) is 0 Å². The molecule has 132 valence electrons. The van der Waals surface area contributed by atoms with E-state index in [0.717, 1.165) is 18.8 Å². The molecule has 0 unspecified atom stereocenters. The molecule has 7 heteroatoms. The molecule has 1 fully saturated rings. The van der Waals surface area contributed by atoms with Gasteiger partial charge in [-0.2, -0.15) is 0 Å². The number of pyridine rings is 1. The number of carbonyl (C=O) groups is 1. The number of nitrogens with zero attached hydrogens (tertiary/aromatic N) is 3. The van der Waals surface area contributed by atoms with E-state index in [-0.39, 0.29) is 5.56 Å². The second-order valence-corrected chi connectivity index (χ2v) is 5.98. The van der Waals surface area contributed by atoms with Crippen molar-refractivity contribution < 1.29 is 9.53 Å². The molecule has 0 bridgehead atoms. The maximum absolute atomic E-state index is 12.7. The zero-order chi connectivity index (χ0) is 17.9. The van der Waals surface area contributed by atoms with E-state index in [9.17, 15) is 9.59 Å². The molecule has 1 aromatic carbocycles. The van der Waals surface area contributed by atoms with E-state index in [0.29, 0.717) is 24.5 Å². The van der Waals surface area contributed by atoms with Crippen LogP contribution in [-0.2, 0) is 4.74 Å². The van der Waals surface area contributed by atoms with Crippen LogP contribution in [0.15, 0.2) is 59.7 Å². The average Bonchev–Trinajstić information content (AvgIpc) is 2.69. The molecule has 3 heterocycles. The number of amides is 1. The molecule has 0 atom stereocenters. The number of para-hydroxylation sites is 2. The molecular weight excluding hydrogens is 332 g/mol. The molecule has 0 saturated carbocycles. The van der Waals surface area contributed by atoms with Gasteiger partial charge in [-0.1, -0.05) is 18.2 Å². The Balaban J connectivity index is 1.65. The number of nitrogens with one attached hydrogen (secondary N) is 1. The number of carbonyl (C=O) groups excluding carboxylic acids is 1. The standard InChI is InChI=1S/C19H18N4O3/c24-18(14-13-20-17-7-3-4-8-23(17)19(14)25)21-15-5-1-2-6-16(15)22-9-11-26-12-10-22/h1-8,13H,9-12H2,(H,21,24). The molecule has 4 rings (SSSR count). The van der Waals surface area contributed by atoms with E-state index in [1.807, 2.05) is 24.3 Å². The molecule has 0 radical (unpaired) electrons. The van der Waals surface area contributed by atoms with Gasteiger partial charge < -0.3 is 15.0 Å². The van der Waals surface area contributed by atoms with Crippen molar-refractivity contribution in [2.24, 2.45) is 0 Å². The van der Waals surface area contributed by atoms with Gasteiger partial charge >= 0.3 is 0 Å². The second kappa shape index (κ2) is 6.97. The van der Waals surface area contributed by atoms with E-state index in [1.165, 1.54) is 10.6 Å². The fraction of sp³-hybridized carbons (Fsp3) is 0.211. The first kappa shape index (κ1) is 16.3. The minimum Gasteiger partial charge on any atom is -0.378 e. The second-order valence-electron chi connectivity index (χ2n) is 5.98. The third-order valence-corrected chi connectivity index (χ3v) is 4.36. The van der Waals surface area contributed by atoms with Crippen LogP contribution in [0.3, 0.4) is 0 Å². The minimum atomic E-state index is -0.471. The van der Waals surface area contributed by atoms with Crippen LogP contribution in [0.4, 0.5) is 11.4 Å². The average molecular weight is 350 g/mol. The molecule has 26 heavy (non-hydrogen) atoms. The number of ether oxygens (including phenoxy) is 1. The first-order valence-electron chi connectivity index (χ1n) is 8.43. The van der Waals surface area contributed by atoms with Gasteiger partial charge in [-0.3, -0.25) is 14.0 Å². The summed E-state index contributed by atoms with van der Waals surface area (Å²) in [7, 11) is 0. The molecule has 1 aliphatic heterocycles. The van der Waals surface area contributed by atoms with Crippen LogP contribution in [-0.4, -0.2) is 41.6 Å². The number of benzene rings is 1. The number of rotatable bonds is 3. The molecule has 3 aromatic rings. The Kier molecular flexibility index (Phi) is 4.37. The van der Waals surface area contributed by atoms with E-state index in [1.54, 1.807) is 24.4 Å².